The minimum absolute atomic E-state index is 0.0608. The second-order valence-corrected chi connectivity index (χ2v) is 5.84. The summed E-state index contributed by atoms with van der Waals surface area (Å²) in [5, 5.41) is 3.04. The summed E-state index contributed by atoms with van der Waals surface area (Å²) in [7, 11) is 0. The lowest BCUT2D eigenvalue weighted by Gasteiger charge is -2.17. The van der Waals surface area contributed by atoms with E-state index in [4.69, 9.17) is 0 Å². The van der Waals surface area contributed by atoms with Crippen molar-refractivity contribution in [1.29, 1.82) is 0 Å². The molecule has 5 rings (SSSR count). The maximum atomic E-state index is 13.5. The van der Waals surface area contributed by atoms with Crippen LogP contribution in [-0.4, -0.2) is 15.5 Å². The topological polar surface area (TPSA) is 46.9 Å². The van der Waals surface area contributed by atoms with Gasteiger partial charge < -0.3 is 9.88 Å². The van der Waals surface area contributed by atoms with Gasteiger partial charge in [-0.3, -0.25) is 4.79 Å². The van der Waals surface area contributed by atoms with E-state index >= 15 is 0 Å². The molecule has 4 nitrogen and oxygen atoms in total. The number of amides is 1. The maximum absolute atomic E-state index is 13.5. The molecule has 5 heteroatoms. The SMILES string of the molecule is O=C1NC2CC(c3ccccc31)n1c2nc2cc(F)ccc21. The van der Waals surface area contributed by atoms with Gasteiger partial charge in [-0.1, -0.05) is 18.2 Å². The maximum Gasteiger partial charge on any atom is 0.252 e. The molecule has 0 saturated heterocycles. The first-order valence-electron chi connectivity index (χ1n) is 7.29. The number of rotatable bonds is 0. The molecule has 0 spiro atoms. The third kappa shape index (κ3) is 1.40. The predicted octanol–water partition coefficient (Wildman–Crippen LogP) is 2.95. The second kappa shape index (κ2) is 3.94. The number of nitrogens with one attached hydrogen (secondary N) is 1. The lowest BCUT2D eigenvalue weighted by molar-refractivity contribution is 0.0939. The van der Waals surface area contributed by atoms with Crippen LogP contribution < -0.4 is 5.32 Å². The molecule has 108 valence electrons. The van der Waals surface area contributed by atoms with Gasteiger partial charge in [-0.2, -0.15) is 0 Å². The van der Waals surface area contributed by atoms with E-state index in [0.29, 0.717) is 11.1 Å². The van der Waals surface area contributed by atoms with Crippen molar-refractivity contribution in [3.63, 3.8) is 0 Å². The molecular formula is C17H12FN3O. The average molecular weight is 293 g/mol. The zero-order valence-electron chi connectivity index (χ0n) is 11.6. The number of carbonyl (C=O) groups excluding carboxylic acids is 1. The molecule has 2 unspecified atom stereocenters. The van der Waals surface area contributed by atoms with Crippen LogP contribution in [0.25, 0.3) is 11.0 Å². The van der Waals surface area contributed by atoms with E-state index in [9.17, 15) is 9.18 Å². The quantitative estimate of drug-likeness (QED) is 0.692. The Morgan fingerprint density at radius 3 is 3.00 bits per heavy atom. The Labute approximate surface area is 125 Å². The molecule has 0 fully saturated rings. The van der Waals surface area contributed by atoms with Gasteiger partial charge in [0.25, 0.3) is 5.91 Å². The lowest BCUT2D eigenvalue weighted by atomic mass is 9.99. The van der Waals surface area contributed by atoms with Crippen LogP contribution in [0.3, 0.4) is 0 Å². The molecule has 2 bridgehead atoms. The molecule has 0 radical (unpaired) electrons. The summed E-state index contributed by atoms with van der Waals surface area (Å²) in [4.78, 5) is 16.9. The van der Waals surface area contributed by atoms with Gasteiger partial charge in [-0.05, 0) is 30.2 Å². The van der Waals surface area contributed by atoms with Gasteiger partial charge >= 0.3 is 0 Å². The number of hydrogen-bond donors (Lipinski definition) is 1. The molecule has 3 heterocycles. The molecular weight excluding hydrogens is 281 g/mol. The van der Waals surface area contributed by atoms with Gasteiger partial charge in [0.2, 0.25) is 0 Å². The summed E-state index contributed by atoms with van der Waals surface area (Å²) in [5.41, 5.74) is 3.27. The molecule has 1 N–H and O–H groups in total. The van der Waals surface area contributed by atoms with E-state index in [2.05, 4.69) is 14.9 Å². The normalized spacial score (nSPS) is 22.1. The highest BCUT2D eigenvalue weighted by Gasteiger charge is 2.40. The van der Waals surface area contributed by atoms with Gasteiger partial charge in [0, 0.05) is 11.6 Å². The number of fused-ring (bicyclic) bond motifs is 9. The van der Waals surface area contributed by atoms with Crippen LogP contribution in [0, 0.1) is 5.82 Å². The Morgan fingerprint density at radius 1 is 1.23 bits per heavy atom. The standard InChI is InChI=1S/C17H12FN3O/c18-9-5-6-14-12(7-9)19-16-13-8-15(21(14)16)10-3-1-2-4-11(10)17(22)20-13/h1-7,13,15H,8H2,(H,20,22). The minimum Gasteiger partial charge on any atom is -0.342 e. The summed E-state index contributed by atoms with van der Waals surface area (Å²) in [6.07, 6.45) is 0.790. The van der Waals surface area contributed by atoms with Crippen molar-refractivity contribution in [2.24, 2.45) is 0 Å². The summed E-state index contributed by atoms with van der Waals surface area (Å²) < 4.78 is 15.6. The number of benzene rings is 2. The Bertz CT molecular complexity index is 946. The first-order valence-corrected chi connectivity index (χ1v) is 7.29. The van der Waals surface area contributed by atoms with E-state index in [1.807, 2.05) is 24.3 Å². The van der Waals surface area contributed by atoms with Crippen molar-refractivity contribution < 1.29 is 9.18 Å². The van der Waals surface area contributed by atoms with E-state index in [1.165, 1.54) is 12.1 Å². The highest BCUT2D eigenvalue weighted by atomic mass is 19.1. The summed E-state index contributed by atoms with van der Waals surface area (Å²) in [6.45, 7) is 0. The van der Waals surface area contributed by atoms with E-state index in [-0.39, 0.29) is 23.8 Å². The minimum atomic E-state index is -0.295. The number of aromatic nitrogens is 2. The van der Waals surface area contributed by atoms with Crippen molar-refractivity contribution in [2.75, 3.05) is 0 Å². The number of carbonyl (C=O) groups is 1. The molecule has 0 saturated carbocycles. The van der Waals surface area contributed by atoms with Crippen molar-refractivity contribution in [2.45, 2.75) is 18.5 Å². The van der Waals surface area contributed by atoms with Crippen molar-refractivity contribution >= 4 is 16.9 Å². The van der Waals surface area contributed by atoms with Crippen molar-refractivity contribution in [3.8, 4) is 0 Å². The zero-order chi connectivity index (χ0) is 14.8. The zero-order valence-corrected chi connectivity index (χ0v) is 11.6. The third-order valence-electron chi connectivity index (χ3n) is 4.63. The largest absolute Gasteiger partial charge is 0.342 e. The molecule has 2 aromatic carbocycles. The molecule has 2 aliphatic heterocycles. The molecule has 0 aliphatic carbocycles. The van der Waals surface area contributed by atoms with Crippen molar-refractivity contribution in [1.82, 2.24) is 14.9 Å². The molecule has 1 aromatic heterocycles. The van der Waals surface area contributed by atoms with Crippen LogP contribution in [0.15, 0.2) is 42.5 Å². The highest BCUT2D eigenvalue weighted by molar-refractivity contribution is 5.97. The molecule has 3 aromatic rings. The van der Waals surface area contributed by atoms with Crippen LogP contribution >= 0.6 is 0 Å². The van der Waals surface area contributed by atoms with E-state index in [0.717, 1.165) is 23.3 Å². The van der Waals surface area contributed by atoms with Gasteiger partial charge in [0.05, 0.1) is 23.1 Å². The van der Waals surface area contributed by atoms with Crippen LogP contribution in [0.5, 0.6) is 0 Å². The molecule has 1 amide bonds. The summed E-state index contributed by atoms with van der Waals surface area (Å²) >= 11 is 0. The van der Waals surface area contributed by atoms with Crippen LogP contribution in [-0.2, 0) is 0 Å². The smallest absolute Gasteiger partial charge is 0.252 e. The lowest BCUT2D eigenvalue weighted by Crippen LogP contribution is -2.27. The Morgan fingerprint density at radius 2 is 2.09 bits per heavy atom. The van der Waals surface area contributed by atoms with Gasteiger partial charge in [0.1, 0.15) is 11.6 Å². The van der Waals surface area contributed by atoms with Crippen molar-refractivity contribution in [3.05, 3.63) is 65.2 Å². The highest BCUT2D eigenvalue weighted by Crippen LogP contribution is 2.44. The molecule has 2 atom stereocenters. The number of imidazole rings is 1. The molecule has 22 heavy (non-hydrogen) atoms. The Balaban J connectivity index is 1.83. The monoisotopic (exact) mass is 293 g/mol. The molecule has 2 aliphatic rings. The van der Waals surface area contributed by atoms with Gasteiger partial charge in [-0.25, -0.2) is 9.37 Å². The van der Waals surface area contributed by atoms with Gasteiger partial charge in [0.15, 0.2) is 0 Å². The Hall–Kier alpha value is -2.69. The summed E-state index contributed by atoms with van der Waals surface area (Å²) in [5.74, 6) is 0.456. The van der Waals surface area contributed by atoms with E-state index in [1.54, 1.807) is 6.07 Å². The fourth-order valence-corrected chi connectivity index (χ4v) is 3.72. The fraction of sp³-hybridized carbons (Fsp3) is 0.176. The average Bonchev–Trinajstić information content (AvgIpc) is 2.99. The fourth-order valence-electron chi connectivity index (χ4n) is 3.72. The Kier molecular flexibility index (Phi) is 2.13. The van der Waals surface area contributed by atoms with Crippen LogP contribution in [0.2, 0.25) is 0 Å². The number of nitrogens with zero attached hydrogens (tertiary/aromatic N) is 2. The summed E-state index contributed by atoms with van der Waals surface area (Å²) in [6, 6.07) is 12.3. The first kappa shape index (κ1) is 11.9. The van der Waals surface area contributed by atoms with Crippen LogP contribution in [0.4, 0.5) is 4.39 Å². The first-order chi connectivity index (χ1) is 10.7. The number of hydrogen-bond acceptors (Lipinski definition) is 2. The third-order valence-corrected chi connectivity index (χ3v) is 4.63. The predicted molar refractivity (Wildman–Crippen MR) is 79.1 cm³/mol. The van der Waals surface area contributed by atoms with Gasteiger partial charge in [-0.15, -0.1) is 0 Å². The van der Waals surface area contributed by atoms with E-state index < -0.39 is 0 Å². The van der Waals surface area contributed by atoms with Crippen LogP contribution in [0.1, 0.15) is 40.3 Å². The number of halogens is 1. The second-order valence-electron chi connectivity index (χ2n) is 5.84.